The molecule has 0 spiro atoms. The van der Waals surface area contributed by atoms with Gasteiger partial charge in [-0.05, 0) is 31.4 Å². The molecular formula is C14H18F2N2O3S. The zero-order valence-electron chi connectivity index (χ0n) is 12.2. The second-order valence-electron chi connectivity index (χ2n) is 5.43. The Labute approximate surface area is 128 Å². The molecule has 1 heterocycles. The first kappa shape index (κ1) is 16.8. The Morgan fingerprint density at radius 2 is 1.91 bits per heavy atom. The summed E-state index contributed by atoms with van der Waals surface area (Å²) in [5.74, 6) is -2.12. The number of nitrogens with zero attached hydrogens (tertiary/aromatic N) is 1. The Hall–Kier alpha value is -1.54. The molecule has 1 aliphatic rings. The molecule has 0 aromatic heterocycles. The summed E-state index contributed by atoms with van der Waals surface area (Å²) < 4.78 is 51.3. The standard InChI is InChI=1S/C14H18F2N2O3S/c1-22(20,21)17-9-13-4-2-3-5-18(13)14(19)10-6-11(15)8-12(16)7-10/h6-8,13,17H,2-5,9H2,1H3/t13-/m1/s1. The molecule has 8 heteroatoms. The molecule has 122 valence electrons. The molecule has 1 atom stereocenters. The van der Waals surface area contributed by atoms with E-state index in [9.17, 15) is 22.0 Å². The van der Waals surface area contributed by atoms with Gasteiger partial charge < -0.3 is 4.90 Å². The van der Waals surface area contributed by atoms with Gasteiger partial charge in [-0.1, -0.05) is 0 Å². The largest absolute Gasteiger partial charge is 0.334 e. The Morgan fingerprint density at radius 1 is 1.27 bits per heavy atom. The lowest BCUT2D eigenvalue weighted by molar-refractivity contribution is 0.0617. The third kappa shape index (κ3) is 4.48. The molecule has 1 amide bonds. The van der Waals surface area contributed by atoms with Crippen LogP contribution in [0.5, 0.6) is 0 Å². The van der Waals surface area contributed by atoms with Crippen molar-refractivity contribution >= 4 is 15.9 Å². The molecule has 0 aliphatic carbocycles. The third-order valence-corrected chi connectivity index (χ3v) is 4.27. The molecule has 0 bridgehead atoms. The maximum atomic E-state index is 13.3. The smallest absolute Gasteiger partial charge is 0.254 e. The van der Waals surface area contributed by atoms with Gasteiger partial charge in [0.1, 0.15) is 11.6 Å². The van der Waals surface area contributed by atoms with Crippen LogP contribution in [0.1, 0.15) is 29.6 Å². The van der Waals surface area contributed by atoms with Gasteiger partial charge in [0.25, 0.3) is 5.91 Å². The van der Waals surface area contributed by atoms with Crippen LogP contribution in [0.2, 0.25) is 0 Å². The lowest BCUT2D eigenvalue weighted by Crippen LogP contribution is -2.49. The minimum absolute atomic E-state index is 0.0660. The van der Waals surface area contributed by atoms with Crippen molar-refractivity contribution in [2.24, 2.45) is 0 Å². The van der Waals surface area contributed by atoms with Gasteiger partial charge in [-0.25, -0.2) is 21.9 Å². The van der Waals surface area contributed by atoms with Crippen molar-refractivity contribution in [2.45, 2.75) is 25.3 Å². The van der Waals surface area contributed by atoms with Crippen molar-refractivity contribution in [1.82, 2.24) is 9.62 Å². The monoisotopic (exact) mass is 332 g/mol. The number of amides is 1. The van der Waals surface area contributed by atoms with Crippen molar-refractivity contribution in [3.05, 3.63) is 35.4 Å². The van der Waals surface area contributed by atoms with Crippen LogP contribution >= 0.6 is 0 Å². The number of benzene rings is 1. The fraction of sp³-hybridized carbons (Fsp3) is 0.500. The van der Waals surface area contributed by atoms with Crippen LogP contribution in [-0.4, -0.2) is 44.6 Å². The SMILES string of the molecule is CS(=O)(=O)NC[C@H]1CCCCN1C(=O)c1cc(F)cc(F)c1. The van der Waals surface area contributed by atoms with Gasteiger partial charge in [-0.2, -0.15) is 0 Å². The molecule has 1 aliphatic heterocycles. The van der Waals surface area contributed by atoms with Gasteiger partial charge in [0, 0.05) is 30.8 Å². The number of nitrogens with one attached hydrogen (secondary N) is 1. The second kappa shape index (κ2) is 6.70. The molecular weight excluding hydrogens is 314 g/mol. The normalized spacial score (nSPS) is 19.2. The highest BCUT2D eigenvalue weighted by atomic mass is 32.2. The second-order valence-corrected chi connectivity index (χ2v) is 7.26. The molecule has 2 rings (SSSR count). The Bertz CT molecular complexity index is 644. The lowest BCUT2D eigenvalue weighted by Gasteiger charge is -2.35. The minimum Gasteiger partial charge on any atom is -0.334 e. The van der Waals surface area contributed by atoms with Crippen LogP contribution in [0.4, 0.5) is 8.78 Å². The highest BCUT2D eigenvalue weighted by Crippen LogP contribution is 2.20. The van der Waals surface area contributed by atoms with Crippen LogP contribution in [-0.2, 0) is 10.0 Å². The van der Waals surface area contributed by atoms with Gasteiger partial charge in [0.2, 0.25) is 10.0 Å². The first-order chi connectivity index (χ1) is 10.3. The van der Waals surface area contributed by atoms with E-state index in [0.717, 1.165) is 31.2 Å². The minimum atomic E-state index is -3.36. The molecule has 1 N–H and O–H groups in total. The van der Waals surface area contributed by atoms with E-state index < -0.39 is 27.6 Å². The number of sulfonamides is 1. The van der Waals surface area contributed by atoms with Crippen LogP contribution in [0, 0.1) is 11.6 Å². The molecule has 5 nitrogen and oxygen atoms in total. The predicted octanol–water partition coefficient (Wildman–Crippen LogP) is 1.51. The van der Waals surface area contributed by atoms with Crippen molar-refractivity contribution < 1.29 is 22.0 Å². The number of hydrogen-bond donors (Lipinski definition) is 1. The molecule has 1 aromatic carbocycles. The Morgan fingerprint density at radius 3 is 2.50 bits per heavy atom. The van der Waals surface area contributed by atoms with E-state index in [1.54, 1.807) is 0 Å². The Balaban J connectivity index is 2.17. The van der Waals surface area contributed by atoms with Gasteiger partial charge in [-0.3, -0.25) is 4.79 Å². The maximum absolute atomic E-state index is 13.3. The summed E-state index contributed by atoms with van der Waals surface area (Å²) in [6, 6.07) is 2.36. The van der Waals surface area contributed by atoms with Crippen molar-refractivity contribution in [1.29, 1.82) is 0 Å². The number of piperidine rings is 1. The molecule has 0 unspecified atom stereocenters. The topological polar surface area (TPSA) is 66.5 Å². The Kier molecular flexibility index (Phi) is 5.12. The number of likely N-dealkylation sites (tertiary alicyclic amines) is 1. The molecule has 1 aromatic rings. The molecule has 1 saturated heterocycles. The molecule has 0 radical (unpaired) electrons. The van der Waals surface area contributed by atoms with E-state index in [0.29, 0.717) is 19.0 Å². The number of halogens is 2. The van der Waals surface area contributed by atoms with Gasteiger partial charge in [0.05, 0.1) is 6.26 Å². The average Bonchev–Trinajstić information content (AvgIpc) is 2.43. The molecule has 0 saturated carbocycles. The lowest BCUT2D eigenvalue weighted by atomic mass is 10.0. The number of carbonyl (C=O) groups excluding carboxylic acids is 1. The van der Waals surface area contributed by atoms with Gasteiger partial charge >= 0.3 is 0 Å². The maximum Gasteiger partial charge on any atom is 0.254 e. The van der Waals surface area contributed by atoms with E-state index in [1.165, 1.54) is 4.90 Å². The summed E-state index contributed by atoms with van der Waals surface area (Å²) in [4.78, 5) is 13.9. The van der Waals surface area contributed by atoms with Crippen molar-refractivity contribution in [3.8, 4) is 0 Å². The summed E-state index contributed by atoms with van der Waals surface area (Å²) in [7, 11) is -3.36. The first-order valence-corrected chi connectivity index (χ1v) is 8.87. The quantitative estimate of drug-likeness (QED) is 0.909. The van der Waals surface area contributed by atoms with E-state index in [2.05, 4.69) is 4.72 Å². The number of carbonyl (C=O) groups is 1. The van der Waals surface area contributed by atoms with Crippen molar-refractivity contribution in [2.75, 3.05) is 19.3 Å². The summed E-state index contributed by atoms with van der Waals surface area (Å²) >= 11 is 0. The van der Waals surface area contributed by atoms with Crippen molar-refractivity contribution in [3.63, 3.8) is 0 Å². The highest BCUT2D eigenvalue weighted by Gasteiger charge is 2.28. The zero-order valence-corrected chi connectivity index (χ0v) is 13.0. The predicted molar refractivity (Wildman–Crippen MR) is 77.9 cm³/mol. The van der Waals surface area contributed by atoms with E-state index in [4.69, 9.17) is 0 Å². The van der Waals surface area contributed by atoms with Crippen LogP contribution in [0.25, 0.3) is 0 Å². The fourth-order valence-corrected chi connectivity index (χ4v) is 3.07. The fourth-order valence-electron chi connectivity index (χ4n) is 2.57. The average molecular weight is 332 g/mol. The highest BCUT2D eigenvalue weighted by molar-refractivity contribution is 7.88. The van der Waals surface area contributed by atoms with Crippen LogP contribution < -0.4 is 4.72 Å². The molecule has 22 heavy (non-hydrogen) atoms. The van der Waals surface area contributed by atoms with Crippen LogP contribution in [0.3, 0.4) is 0 Å². The van der Waals surface area contributed by atoms with Gasteiger partial charge in [0.15, 0.2) is 0 Å². The van der Waals surface area contributed by atoms with Crippen LogP contribution in [0.15, 0.2) is 18.2 Å². The first-order valence-electron chi connectivity index (χ1n) is 6.98. The van der Waals surface area contributed by atoms with E-state index >= 15 is 0 Å². The summed E-state index contributed by atoms with van der Waals surface area (Å²) in [6.45, 7) is 0.537. The van der Waals surface area contributed by atoms with Gasteiger partial charge in [-0.15, -0.1) is 0 Å². The summed E-state index contributed by atoms with van der Waals surface area (Å²) in [5.41, 5.74) is -0.0660. The summed E-state index contributed by atoms with van der Waals surface area (Å²) in [6.07, 6.45) is 3.34. The number of rotatable bonds is 4. The van der Waals surface area contributed by atoms with E-state index in [-0.39, 0.29) is 18.2 Å². The third-order valence-electron chi connectivity index (χ3n) is 3.58. The zero-order chi connectivity index (χ0) is 16.3. The summed E-state index contributed by atoms with van der Waals surface area (Å²) in [5, 5.41) is 0. The number of hydrogen-bond acceptors (Lipinski definition) is 3. The van der Waals surface area contributed by atoms with E-state index in [1.807, 2.05) is 0 Å². The molecule has 1 fully saturated rings.